The second kappa shape index (κ2) is 10.2. The lowest BCUT2D eigenvalue weighted by Gasteiger charge is -2.15. The summed E-state index contributed by atoms with van der Waals surface area (Å²) in [5.41, 5.74) is -1.12. The Bertz CT molecular complexity index is 1930. The molecule has 0 spiro atoms. The van der Waals surface area contributed by atoms with E-state index in [1.807, 2.05) is 0 Å². The number of fused-ring (bicyclic) bond motifs is 2. The first kappa shape index (κ1) is 27.0. The summed E-state index contributed by atoms with van der Waals surface area (Å²) in [6.07, 6.45) is -3.24. The molecule has 3 aromatic heterocycles. The maximum Gasteiger partial charge on any atom is 0.416 e. The summed E-state index contributed by atoms with van der Waals surface area (Å²) < 4.78 is 47.6. The summed E-state index contributed by atoms with van der Waals surface area (Å²) in [6, 6.07) is 7.86. The number of alkyl halides is 3. The number of ether oxygens (including phenoxy) is 1. The SMILES string of the molecule is Cc1nc2cc(C(F)(F)F)cc(C#N)c2c(=O)n1CCOc1ccc(Cl)cc1-c1cnnc2c(C(=O)O)csc12. The van der Waals surface area contributed by atoms with E-state index in [1.54, 1.807) is 24.3 Å². The van der Waals surface area contributed by atoms with Gasteiger partial charge in [0.15, 0.2) is 0 Å². The Morgan fingerprint density at radius 1 is 1.25 bits per heavy atom. The van der Waals surface area contributed by atoms with Crippen LogP contribution >= 0.6 is 22.9 Å². The highest BCUT2D eigenvalue weighted by atomic mass is 35.5. The van der Waals surface area contributed by atoms with Crippen LogP contribution in [0, 0.1) is 18.3 Å². The molecule has 5 rings (SSSR count). The summed E-state index contributed by atoms with van der Waals surface area (Å²) in [6.45, 7) is 1.38. The summed E-state index contributed by atoms with van der Waals surface area (Å²) in [7, 11) is 0. The van der Waals surface area contributed by atoms with Crippen LogP contribution < -0.4 is 10.3 Å². The van der Waals surface area contributed by atoms with Gasteiger partial charge in [-0.25, -0.2) is 9.78 Å². The molecule has 0 saturated heterocycles. The second-order valence-corrected chi connectivity index (χ2v) is 9.84. The van der Waals surface area contributed by atoms with Crippen molar-refractivity contribution in [2.24, 2.45) is 0 Å². The molecule has 0 unspecified atom stereocenters. The number of aryl methyl sites for hydroxylation is 1. The van der Waals surface area contributed by atoms with Crippen LogP contribution in [-0.2, 0) is 12.7 Å². The van der Waals surface area contributed by atoms with Gasteiger partial charge >= 0.3 is 12.1 Å². The average Bonchev–Trinajstić information content (AvgIpc) is 3.34. The Morgan fingerprint density at radius 3 is 2.73 bits per heavy atom. The molecule has 0 radical (unpaired) electrons. The molecular formula is C26H15ClF3N5O4S. The van der Waals surface area contributed by atoms with Gasteiger partial charge in [0.2, 0.25) is 0 Å². The average molecular weight is 586 g/mol. The fourth-order valence-corrected chi connectivity index (χ4v) is 5.42. The summed E-state index contributed by atoms with van der Waals surface area (Å²) in [5, 5.41) is 28.4. The lowest BCUT2D eigenvalue weighted by molar-refractivity contribution is -0.137. The number of aromatic carboxylic acids is 1. The zero-order valence-electron chi connectivity index (χ0n) is 20.3. The van der Waals surface area contributed by atoms with Gasteiger partial charge in [-0.2, -0.15) is 23.5 Å². The van der Waals surface area contributed by atoms with Crippen LogP contribution in [-0.4, -0.2) is 37.4 Å². The van der Waals surface area contributed by atoms with E-state index in [2.05, 4.69) is 15.2 Å². The molecule has 3 heterocycles. The van der Waals surface area contributed by atoms with E-state index >= 15 is 0 Å². The Balaban J connectivity index is 1.49. The van der Waals surface area contributed by atoms with E-state index in [4.69, 9.17) is 16.3 Å². The van der Waals surface area contributed by atoms with Crippen molar-refractivity contribution in [3.63, 3.8) is 0 Å². The fraction of sp³-hybridized carbons (Fsp3) is 0.154. The van der Waals surface area contributed by atoms with Crippen molar-refractivity contribution in [3.8, 4) is 22.9 Å². The molecule has 0 saturated carbocycles. The van der Waals surface area contributed by atoms with Gasteiger partial charge in [-0.15, -0.1) is 16.4 Å². The van der Waals surface area contributed by atoms with E-state index < -0.39 is 28.8 Å². The lowest BCUT2D eigenvalue weighted by atomic mass is 10.1. The predicted molar refractivity (Wildman–Crippen MR) is 141 cm³/mol. The van der Waals surface area contributed by atoms with Crippen molar-refractivity contribution in [1.29, 1.82) is 5.26 Å². The van der Waals surface area contributed by atoms with Crippen molar-refractivity contribution < 1.29 is 27.8 Å². The number of nitrogens with zero attached hydrogens (tertiary/aromatic N) is 5. The van der Waals surface area contributed by atoms with Crippen LogP contribution in [0.1, 0.15) is 27.3 Å². The number of carboxylic acids is 1. The van der Waals surface area contributed by atoms with Crippen molar-refractivity contribution in [2.75, 3.05) is 6.61 Å². The van der Waals surface area contributed by atoms with Crippen molar-refractivity contribution in [2.45, 2.75) is 19.6 Å². The number of benzene rings is 2. The zero-order valence-corrected chi connectivity index (χ0v) is 21.9. The number of aromatic nitrogens is 4. The number of rotatable bonds is 6. The third-order valence-electron chi connectivity index (χ3n) is 6.09. The molecule has 5 aromatic rings. The minimum absolute atomic E-state index is 0.0107. The number of carbonyl (C=O) groups is 1. The maximum atomic E-state index is 13.3. The first-order chi connectivity index (χ1) is 19.0. The van der Waals surface area contributed by atoms with Crippen molar-refractivity contribution in [3.05, 3.63) is 79.8 Å². The second-order valence-electron chi connectivity index (χ2n) is 8.52. The quantitative estimate of drug-likeness (QED) is 0.269. The van der Waals surface area contributed by atoms with E-state index in [0.29, 0.717) is 32.7 Å². The first-order valence-corrected chi connectivity index (χ1v) is 12.7. The van der Waals surface area contributed by atoms with Gasteiger partial charge in [-0.1, -0.05) is 11.6 Å². The molecule has 202 valence electrons. The number of thiophene rings is 1. The van der Waals surface area contributed by atoms with Gasteiger partial charge in [0.1, 0.15) is 29.8 Å². The first-order valence-electron chi connectivity index (χ1n) is 11.4. The smallest absolute Gasteiger partial charge is 0.416 e. The van der Waals surface area contributed by atoms with Gasteiger partial charge in [0.05, 0.1) is 45.0 Å². The normalized spacial score (nSPS) is 11.6. The lowest BCUT2D eigenvalue weighted by Crippen LogP contribution is -2.27. The monoisotopic (exact) mass is 585 g/mol. The highest BCUT2D eigenvalue weighted by Crippen LogP contribution is 2.39. The molecule has 40 heavy (non-hydrogen) atoms. The molecule has 0 bridgehead atoms. The summed E-state index contributed by atoms with van der Waals surface area (Å²) in [4.78, 5) is 28.9. The Morgan fingerprint density at radius 2 is 2.02 bits per heavy atom. The molecule has 0 atom stereocenters. The van der Waals surface area contributed by atoms with Gasteiger partial charge in [0, 0.05) is 21.5 Å². The molecule has 0 aliphatic rings. The topological polar surface area (TPSA) is 131 Å². The molecule has 2 aromatic carbocycles. The van der Waals surface area contributed by atoms with Crippen LogP contribution in [0.15, 0.2) is 46.7 Å². The molecule has 1 N–H and O–H groups in total. The molecule has 0 fully saturated rings. The van der Waals surface area contributed by atoms with Gasteiger partial charge in [0.25, 0.3) is 5.56 Å². The molecule has 9 nitrogen and oxygen atoms in total. The highest BCUT2D eigenvalue weighted by molar-refractivity contribution is 7.18. The number of hydrogen-bond acceptors (Lipinski definition) is 8. The van der Waals surface area contributed by atoms with Crippen LogP contribution in [0.5, 0.6) is 5.75 Å². The molecular weight excluding hydrogens is 571 g/mol. The van der Waals surface area contributed by atoms with Crippen LogP contribution in [0.25, 0.3) is 32.2 Å². The van der Waals surface area contributed by atoms with E-state index in [1.165, 1.54) is 34.4 Å². The molecule has 0 aliphatic heterocycles. The minimum atomic E-state index is -4.71. The Kier molecular flexibility index (Phi) is 6.91. The highest BCUT2D eigenvalue weighted by Gasteiger charge is 2.32. The summed E-state index contributed by atoms with van der Waals surface area (Å²) >= 11 is 7.41. The fourth-order valence-electron chi connectivity index (χ4n) is 4.25. The largest absolute Gasteiger partial charge is 0.491 e. The van der Waals surface area contributed by atoms with Crippen LogP contribution in [0.3, 0.4) is 0 Å². The van der Waals surface area contributed by atoms with Crippen molar-refractivity contribution >= 4 is 50.0 Å². The van der Waals surface area contributed by atoms with Gasteiger partial charge < -0.3 is 9.84 Å². The third-order valence-corrected chi connectivity index (χ3v) is 7.32. The number of carboxylic acid groups (broad SMARTS) is 1. The molecule has 0 aliphatic carbocycles. The van der Waals surface area contributed by atoms with E-state index in [9.17, 15) is 33.1 Å². The van der Waals surface area contributed by atoms with Gasteiger partial charge in [-0.3, -0.25) is 9.36 Å². The molecule has 0 amide bonds. The Labute approximate surface area is 231 Å². The standard InChI is InChI=1S/C26H15ClF3N5O4S/c1-12-33-19-7-14(26(28,29)30)6-13(9-31)21(19)24(36)35(12)4-5-39-20-3-2-15(27)8-16(20)17-10-32-34-22-18(25(37)38)11-40-23(17)22/h2-3,6-8,10-11H,4-5H2,1H3,(H,37,38). The predicted octanol–water partition coefficient (Wildman–Crippen LogP) is 5.70. The zero-order chi connectivity index (χ0) is 28.8. The number of nitriles is 1. The van der Waals surface area contributed by atoms with E-state index in [-0.39, 0.29) is 41.0 Å². The Hall–Kier alpha value is -4.54. The minimum Gasteiger partial charge on any atom is -0.491 e. The van der Waals surface area contributed by atoms with Crippen LogP contribution in [0.2, 0.25) is 5.02 Å². The van der Waals surface area contributed by atoms with E-state index in [0.717, 1.165) is 6.07 Å². The van der Waals surface area contributed by atoms with Crippen molar-refractivity contribution in [1.82, 2.24) is 19.7 Å². The third kappa shape index (κ3) is 4.83. The maximum absolute atomic E-state index is 13.3. The van der Waals surface area contributed by atoms with Gasteiger partial charge in [-0.05, 0) is 37.3 Å². The number of hydrogen-bond donors (Lipinski definition) is 1. The number of halogens is 4. The van der Waals surface area contributed by atoms with Crippen LogP contribution in [0.4, 0.5) is 13.2 Å². The molecule has 14 heteroatoms. The summed E-state index contributed by atoms with van der Waals surface area (Å²) in [5.74, 6) is -0.643.